The maximum Gasteiger partial charge on any atom is 0.265 e. The molecule has 0 fully saturated rings. The third kappa shape index (κ3) is 2.67. The lowest BCUT2D eigenvalue weighted by Gasteiger charge is -2.20. The van der Waals surface area contributed by atoms with Crippen LogP contribution in [-0.4, -0.2) is 19.6 Å². The third-order valence-electron chi connectivity index (χ3n) is 3.40. The van der Waals surface area contributed by atoms with Gasteiger partial charge in [0.1, 0.15) is 11.5 Å². The Bertz CT molecular complexity index is 687. The maximum absolute atomic E-state index is 12.3. The second-order valence-electron chi connectivity index (χ2n) is 4.70. The molecule has 108 valence electrons. The van der Waals surface area contributed by atoms with Crippen molar-refractivity contribution < 1.29 is 14.3 Å². The van der Waals surface area contributed by atoms with Crippen LogP contribution in [0.4, 0.5) is 5.69 Å². The molecule has 0 atom stereocenters. The maximum atomic E-state index is 12.3. The molecule has 0 spiro atoms. The van der Waals surface area contributed by atoms with Crippen molar-refractivity contribution in [1.82, 2.24) is 0 Å². The van der Waals surface area contributed by atoms with Gasteiger partial charge in [-0.15, -0.1) is 0 Å². The fraction of sp³-hybridized carbons (Fsp3) is 0.188. The van der Waals surface area contributed by atoms with Gasteiger partial charge in [-0.1, -0.05) is 29.8 Å². The van der Waals surface area contributed by atoms with E-state index in [1.165, 1.54) is 0 Å². The quantitative estimate of drug-likeness (QED) is 0.854. The van der Waals surface area contributed by atoms with Crippen LogP contribution in [-0.2, 0) is 11.3 Å². The number of carbonyl (C=O) groups excluding carboxylic acids is 1. The first kappa shape index (κ1) is 13.8. The minimum absolute atomic E-state index is 0.0145. The number of fused-ring (bicyclic) bond motifs is 1. The van der Waals surface area contributed by atoms with Gasteiger partial charge >= 0.3 is 0 Å². The molecule has 3 rings (SSSR count). The standard InChI is InChI=1S/C16H14ClNO3/c1-20-15-7-6-12(8-13(15)17)18-9-11-4-2-3-5-14(11)21-10-16(18)19/h2-8H,9-10H2,1H3. The smallest absolute Gasteiger partial charge is 0.265 e. The monoisotopic (exact) mass is 303 g/mol. The molecule has 2 aromatic rings. The van der Waals surface area contributed by atoms with Crippen molar-refractivity contribution >= 4 is 23.2 Å². The SMILES string of the molecule is COc1ccc(N2Cc3ccccc3OCC2=O)cc1Cl. The number of carbonyl (C=O) groups is 1. The number of benzene rings is 2. The minimum Gasteiger partial charge on any atom is -0.495 e. The van der Waals surface area contributed by atoms with Crippen LogP contribution in [0.25, 0.3) is 0 Å². The van der Waals surface area contributed by atoms with Gasteiger partial charge < -0.3 is 14.4 Å². The van der Waals surface area contributed by atoms with Gasteiger partial charge in [0.2, 0.25) is 0 Å². The van der Waals surface area contributed by atoms with Crippen molar-refractivity contribution in [3.05, 3.63) is 53.1 Å². The molecule has 0 aliphatic carbocycles. The van der Waals surface area contributed by atoms with Gasteiger partial charge in [0.05, 0.1) is 18.7 Å². The fourth-order valence-corrected chi connectivity index (χ4v) is 2.56. The summed E-state index contributed by atoms with van der Waals surface area (Å²) in [5.41, 5.74) is 1.70. The Balaban J connectivity index is 1.97. The summed E-state index contributed by atoms with van der Waals surface area (Å²) in [6.45, 7) is 0.471. The van der Waals surface area contributed by atoms with E-state index < -0.39 is 0 Å². The van der Waals surface area contributed by atoms with Gasteiger partial charge in [-0.25, -0.2) is 0 Å². The molecule has 1 amide bonds. The zero-order valence-corrected chi connectivity index (χ0v) is 12.3. The van der Waals surface area contributed by atoms with Crippen LogP contribution in [0.2, 0.25) is 5.02 Å². The van der Waals surface area contributed by atoms with Gasteiger partial charge in [-0.3, -0.25) is 4.79 Å². The van der Waals surface area contributed by atoms with Crippen molar-refractivity contribution in [1.29, 1.82) is 0 Å². The van der Waals surface area contributed by atoms with E-state index in [0.29, 0.717) is 17.3 Å². The number of nitrogens with zero attached hydrogens (tertiary/aromatic N) is 1. The number of para-hydroxylation sites is 1. The van der Waals surface area contributed by atoms with Crippen LogP contribution in [0.3, 0.4) is 0 Å². The summed E-state index contributed by atoms with van der Waals surface area (Å²) in [6, 6.07) is 12.9. The van der Waals surface area contributed by atoms with Crippen LogP contribution in [0.1, 0.15) is 5.56 Å². The Morgan fingerprint density at radius 3 is 2.81 bits per heavy atom. The molecule has 0 aromatic heterocycles. The van der Waals surface area contributed by atoms with E-state index in [4.69, 9.17) is 21.1 Å². The fourth-order valence-electron chi connectivity index (χ4n) is 2.31. The van der Waals surface area contributed by atoms with Crippen LogP contribution < -0.4 is 14.4 Å². The Hall–Kier alpha value is -2.20. The number of amides is 1. The largest absolute Gasteiger partial charge is 0.495 e. The normalized spacial score (nSPS) is 14.2. The van der Waals surface area contributed by atoms with Gasteiger partial charge in [0, 0.05) is 11.3 Å². The molecule has 0 saturated heterocycles. The summed E-state index contributed by atoms with van der Waals surface area (Å²) in [5.74, 6) is 1.22. The molecule has 0 saturated carbocycles. The first-order chi connectivity index (χ1) is 10.2. The Morgan fingerprint density at radius 1 is 1.24 bits per heavy atom. The van der Waals surface area contributed by atoms with E-state index in [0.717, 1.165) is 17.0 Å². The summed E-state index contributed by atoms with van der Waals surface area (Å²) in [7, 11) is 1.56. The molecule has 0 N–H and O–H groups in total. The van der Waals surface area contributed by atoms with Crippen LogP contribution >= 0.6 is 11.6 Å². The molecule has 21 heavy (non-hydrogen) atoms. The summed E-state index contributed by atoms with van der Waals surface area (Å²) >= 11 is 6.14. The third-order valence-corrected chi connectivity index (χ3v) is 3.70. The molecule has 1 aliphatic heterocycles. The van der Waals surface area contributed by atoms with Crippen LogP contribution in [0.15, 0.2) is 42.5 Å². The van der Waals surface area contributed by atoms with Crippen molar-refractivity contribution in [2.75, 3.05) is 18.6 Å². The lowest BCUT2D eigenvalue weighted by atomic mass is 10.2. The Kier molecular flexibility index (Phi) is 3.71. The summed E-state index contributed by atoms with van der Waals surface area (Å²) < 4.78 is 10.7. The van der Waals surface area contributed by atoms with E-state index in [2.05, 4.69) is 0 Å². The van der Waals surface area contributed by atoms with Crippen LogP contribution in [0.5, 0.6) is 11.5 Å². The Labute approximate surface area is 127 Å². The highest BCUT2D eigenvalue weighted by atomic mass is 35.5. The number of anilines is 1. The van der Waals surface area contributed by atoms with Crippen LogP contribution in [0, 0.1) is 0 Å². The predicted molar refractivity (Wildman–Crippen MR) is 81.1 cm³/mol. The van der Waals surface area contributed by atoms with Crippen molar-refractivity contribution in [2.45, 2.75) is 6.54 Å². The van der Waals surface area contributed by atoms with Crippen molar-refractivity contribution in [2.24, 2.45) is 0 Å². The zero-order valence-electron chi connectivity index (χ0n) is 11.5. The second kappa shape index (κ2) is 5.66. The molecule has 0 bridgehead atoms. The average molecular weight is 304 g/mol. The lowest BCUT2D eigenvalue weighted by Crippen LogP contribution is -2.32. The highest BCUT2D eigenvalue weighted by Crippen LogP contribution is 2.32. The number of rotatable bonds is 2. The van der Waals surface area contributed by atoms with Crippen molar-refractivity contribution in [3.63, 3.8) is 0 Å². The minimum atomic E-state index is -0.104. The highest BCUT2D eigenvalue weighted by molar-refractivity contribution is 6.32. The number of ether oxygens (including phenoxy) is 2. The predicted octanol–water partition coefficient (Wildman–Crippen LogP) is 3.27. The van der Waals surface area contributed by atoms with Gasteiger partial charge in [0.15, 0.2) is 6.61 Å². The van der Waals surface area contributed by atoms with E-state index in [9.17, 15) is 4.79 Å². The van der Waals surface area contributed by atoms with E-state index in [1.54, 1.807) is 24.1 Å². The summed E-state index contributed by atoms with van der Waals surface area (Å²) in [5, 5.41) is 0.473. The molecular formula is C16H14ClNO3. The summed E-state index contributed by atoms with van der Waals surface area (Å²) in [6.07, 6.45) is 0. The number of hydrogen-bond acceptors (Lipinski definition) is 3. The van der Waals surface area contributed by atoms with E-state index in [-0.39, 0.29) is 12.5 Å². The molecule has 0 unspecified atom stereocenters. The molecule has 4 nitrogen and oxygen atoms in total. The molecule has 1 heterocycles. The molecular weight excluding hydrogens is 290 g/mol. The molecule has 1 aliphatic rings. The van der Waals surface area contributed by atoms with E-state index >= 15 is 0 Å². The molecule has 2 aromatic carbocycles. The Morgan fingerprint density at radius 2 is 2.05 bits per heavy atom. The number of halogens is 1. The van der Waals surface area contributed by atoms with Gasteiger partial charge in [-0.2, -0.15) is 0 Å². The average Bonchev–Trinajstić information content (AvgIpc) is 2.67. The highest BCUT2D eigenvalue weighted by Gasteiger charge is 2.23. The van der Waals surface area contributed by atoms with Crippen molar-refractivity contribution in [3.8, 4) is 11.5 Å². The molecule has 5 heteroatoms. The second-order valence-corrected chi connectivity index (χ2v) is 5.10. The first-order valence-corrected chi connectivity index (χ1v) is 6.91. The first-order valence-electron chi connectivity index (χ1n) is 6.53. The lowest BCUT2D eigenvalue weighted by molar-refractivity contribution is -0.120. The number of hydrogen-bond donors (Lipinski definition) is 0. The van der Waals surface area contributed by atoms with Gasteiger partial charge in [0.25, 0.3) is 5.91 Å². The topological polar surface area (TPSA) is 38.8 Å². The summed E-state index contributed by atoms with van der Waals surface area (Å²) in [4.78, 5) is 13.9. The molecule has 0 radical (unpaired) electrons. The zero-order chi connectivity index (χ0) is 14.8. The van der Waals surface area contributed by atoms with E-state index in [1.807, 2.05) is 30.3 Å². The number of methoxy groups -OCH3 is 1. The van der Waals surface area contributed by atoms with Gasteiger partial charge in [-0.05, 0) is 24.3 Å².